The van der Waals surface area contributed by atoms with Crippen molar-refractivity contribution in [1.82, 2.24) is 0 Å². The van der Waals surface area contributed by atoms with Crippen molar-refractivity contribution in [3.8, 4) is 11.5 Å². The van der Waals surface area contributed by atoms with E-state index in [1.54, 1.807) is 0 Å². The van der Waals surface area contributed by atoms with Crippen LogP contribution >= 0.6 is 31.9 Å². The summed E-state index contributed by atoms with van der Waals surface area (Å²) in [4.78, 5) is 11.5. The lowest BCUT2D eigenvalue weighted by Gasteiger charge is -2.16. The summed E-state index contributed by atoms with van der Waals surface area (Å²) in [5, 5.41) is 0. The number of methoxy groups -OCH3 is 2. The van der Waals surface area contributed by atoms with Crippen molar-refractivity contribution in [2.45, 2.75) is 19.3 Å². The molecule has 184 valence electrons. The van der Waals surface area contributed by atoms with E-state index in [-0.39, 0.29) is 15.6 Å². The number of hydrogen-bond acceptors (Lipinski definition) is 4. The van der Waals surface area contributed by atoms with Gasteiger partial charge in [-0.2, -0.15) is 26.3 Å². The second kappa shape index (κ2) is 11.4. The summed E-state index contributed by atoms with van der Waals surface area (Å²) in [6.45, 7) is 1.37. The largest absolute Gasteiger partial charge is 0.496 e. The van der Waals surface area contributed by atoms with E-state index in [0.717, 1.165) is 32.4 Å². The molecule has 0 bridgehead atoms. The van der Waals surface area contributed by atoms with Gasteiger partial charge in [0.2, 0.25) is 0 Å². The van der Waals surface area contributed by atoms with Crippen molar-refractivity contribution in [2.75, 3.05) is 20.8 Å². The number of benzene rings is 2. The van der Waals surface area contributed by atoms with Crippen LogP contribution < -0.4 is 9.47 Å². The third kappa shape index (κ3) is 7.19. The fourth-order valence-electron chi connectivity index (χ4n) is 2.40. The Morgan fingerprint density at radius 2 is 1.36 bits per heavy atom. The zero-order chi connectivity index (χ0) is 25.7. The molecule has 2 rings (SSSR count). The van der Waals surface area contributed by atoms with Crippen LogP contribution in [0.1, 0.15) is 28.4 Å². The lowest BCUT2D eigenvalue weighted by atomic mass is 10.1. The second-order valence-electron chi connectivity index (χ2n) is 5.81. The average molecular weight is 618 g/mol. The van der Waals surface area contributed by atoms with Gasteiger partial charge in [-0.1, -0.05) is 15.9 Å². The number of carbonyl (C=O) groups is 1. The van der Waals surface area contributed by atoms with E-state index in [4.69, 9.17) is 0 Å². The Kier molecular flexibility index (Phi) is 9.96. The maximum atomic E-state index is 13.9. The number of carbonyl (C=O) groups excluding carboxylic acids is 1. The van der Waals surface area contributed by atoms with Crippen molar-refractivity contribution in [3.63, 3.8) is 0 Å². The molecule has 0 fully saturated rings. The van der Waals surface area contributed by atoms with E-state index in [0.29, 0.717) is 0 Å². The number of ether oxygens (including phenoxy) is 3. The summed E-state index contributed by atoms with van der Waals surface area (Å²) in [6.07, 6.45) is -9.74. The minimum absolute atomic E-state index is 0.0852. The van der Waals surface area contributed by atoms with E-state index in [1.165, 1.54) is 6.92 Å². The monoisotopic (exact) mass is 616 g/mol. The molecule has 0 atom stereocenters. The number of hydrogen-bond donors (Lipinski definition) is 0. The third-order valence-corrected chi connectivity index (χ3v) is 4.77. The van der Waals surface area contributed by atoms with Crippen LogP contribution in [0.2, 0.25) is 0 Å². The minimum Gasteiger partial charge on any atom is -0.496 e. The fourth-order valence-corrected chi connectivity index (χ4v) is 3.35. The number of esters is 1. The molecule has 0 spiro atoms. The molecule has 0 saturated carbocycles. The molecule has 2 aromatic rings. The molecule has 0 N–H and O–H groups in total. The van der Waals surface area contributed by atoms with Gasteiger partial charge in [0.25, 0.3) is 0 Å². The Bertz CT molecular complexity index is 1010. The summed E-state index contributed by atoms with van der Waals surface area (Å²) in [7, 11) is 2.02. The van der Waals surface area contributed by atoms with Gasteiger partial charge in [-0.25, -0.2) is 13.6 Å². The van der Waals surface area contributed by atoms with Crippen molar-refractivity contribution < 1.29 is 54.1 Å². The van der Waals surface area contributed by atoms with E-state index in [2.05, 4.69) is 46.1 Å². The molecule has 0 aliphatic heterocycles. The third-order valence-electron chi connectivity index (χ3n) is 3.69. The molecule has 0 heterocycles. The average Bonchev–Trinajstić information content (AvgIpc) is 2.65. The van der Waals surface area contributed by atoms with Crippen molar-refractivity contribution in [3.05, 3.63) is 55.5 Å². The summed E-state index contributed by atoms with van der Waals surface area (Å²) in [6, 6.07) is 2.68. The predicted molar refractivity (Wildman–Crippen MR) is 107 cm³/mol. The summed E-state index contributed by atoms with van der Waals surface area (Å²) < 4.78 is 116. The Morgan fingerprint density at radius 1 is 0.879 bits per heavy atom. The second-order valence-corrected chi connectivity index (χ2v) is 7.58. The Hall–Kier alpha value is -2.09. The first-order valence-electron chi connectivity index (χ1n) is 8.50. The number of halogens is 10. The van der Waals surface area contributed by atoms with Gasteiger partial charge >= 0.3 is 18.3 Å². The zero-order valence-electron chi connectivity index (χ0n) is 16.9. The highest BCUT2D eigenvalue weighted by atomic mass is 79.9. The molecule has 0 radical (unpaired) electrons. The van der Waals surface area contributed by atoms with Gasteiger partial charge < -0.3 is 14.2 Å². The van der Waals surface area contributed by atoms with Gasteiger partial charge in [0.1, 0.15) is 34.0 Å². The van der Waals surface area contributed by atoms with Crippen LogP contribution in [-0.2, 0) is 17.1 Å². The minimum atomic E-state index is -4.99. The highest BCUT2D eigenvalue weighted by molar-refractivity contribution is 9.10. The first-order valence-corrected chi connectivity index (χ1v) is 10.1. The molecule has 0 unspecified atom stereocenters. The molecule has 0 amide bonds. The smallest absolute Gasteiger partial charge is 0.422 e. The molecule has 0 aromatic heterocycles. The van der Waals surface area contributed by atoms with Gasteiger partial charge in [-0.3, -0.25) is 0 Å². The van der Waals surface area contributed by atoms with E-state index in [9.17, 15) is 39.9 Å². The molecule has 14 heteroatoms. The standard InChI is InChI=1S/C11H9BrF4O3.C8H5BrF4O/c1-3-19-10(17)7-5(12)4-6(18-2)8(9(7)13)11(14,15)16;1-14-6-3-4(9)2-5(10)7(6)8(11,12)13/h4H,3H2,1-2H3;2-3H,1H3. The predicted octanol–water partition coefficient (Wildman–Crippen LogP) is 7.41. The van der Waals surface area contributed by atoms with Crippen molar-refractivity contribution in [1.29, 1.82) is 0 Å². The highest BCUT2D eigenvalue weighted by Crippen LogP contribution is 2.42. The summed E-state index contributed by atoms with van der Waals surface area (Å²) >= 11 is 5.69. The molecular formula is C19H14Br2F8O4. The number of alkyl halides is 6. The molecule has 0 saturated heterocycles. The fraction of sp³-hybridized carbons (Fsp3) is 0.316. The maximum Gasteiger partial charge on any atom is 0.422 e. The van der Waals surface area contributed by atoms with Gasteiger partial charge in [0.15, 0.2) is 5.82 Å². The molecule has 0 aliphatic rings. The van der Waals surface area contributed by atoms with E-state index >= 15 is 0 Å². The molecule has 0 aliphatic carbocycles. The van der Waals surface area contributed by atoms with Gasteiger partial charge in [-0.15, -0.1) is 0 Å². The molecule has 4 nitrogen and oxygen atoms in total. The van der Waals surface area contributed by atoms with Crippen LogP contribution in [0.5, 0.6) is 11.5 Å². The van der Waals surface area contributed by atoms with Crippen LogP contribution in [-0.4, -0.2) is 26.8 Å². The SMILES string of the molecule is CCOC(=O)c1c(Br)cc(OC)c(C(F)(F)F)c1F.COc1cc(Br)cc(F)c1C(F)(F)F. The number of rotatable bonds is 4. The molecular weight excluding hydrogens is 604 g/mol. The molecule has 33 heavy (non-hydrogen) atoms. The Balaban J connectivity index is 0.000000346. The van der Waals surface area contributed by atoms with Gasteiger partial charge in [0.05, 0.1) is 20.8 Å². The maximum absolute atomic E-state index is 13.9. The Labute approximate surface area is 199 Å². The zero-order valence-corrected chi connectivity index (χ0v) is 20.0. The van der Waals surface area contributed by atoms with E-state index < -0.39 is 58.1 Å². The lowest BCUT2D eigenvalue weighted by Crippen LogP contribution is -2.16. The summed E-state index contributed by atoms with van der Waals surface area (Å²) in [5.74, 6) is -5.52. The van der Waals surface area contributed by atoms with Crippen LogP contribution in [0.25, 0.3) is 0 Å². The van der Waals surface area contributed by atoms with Crippen molar-refractivity contribution in [2.24, 2.45) is 0 Å². The van der Waals surface area contributed by atoms with Gasteiger partial charge in [0, 0.05) is 8.95 Å². The van der Waals surface area contributed by atoms with Crippen LogP contribution in [0.15, 0.2) is 27.1 Å². The van der Waals surface area contributed by atoms with E-state index in [1.807, 2.05) is 0 Å². The summed E-state index contributed by atoms with van der Waals surface area (Å²) in [5.41, 5.74) is -3.83. The first kappa shape index (κ1) is 28.9. The van der Waals surface area contributed by atoms with Gasteiger partial charge in [-0.05, 0) is 41.1 Å². The normalized spacial score (nSPS) is 11.4. The highest BCUT2D eigenvalue weighted by Gasteiger charge is 2.41. The lowest BCUT2D eigenvalue weighted by molar-refractivity contribution is -0.142. The van der Waals surface area contributed by atoms with Crippen LogP contribution in [0.4, 0.5) is 35.1 Å². The molecule has 2 aromatic carbocycles. The van der Waals surface area contributed by atoms with Crippen LogP contribution in [0.3, 0.4) is 0 Å². The Morgan fingerprint density at radius 3 is 1.79 bits per heavy atom. The topological polar surface area (TPSA) is 44.8 Å². The quantitative estimate of drug-likeness (QED) is 0.265. The van der Waals surface area contributed by atoms with Crippen LogP contribution in [0, 0.1) is 11.6 Å². The first-order chi connectivity index (χ1) is 15.1. The van der Waals surface area contributed by atoms with Crippen molar-refractivity contribution >= 4 is 37.8 Å².